The molecule has 2 aliphatic heterocycles. The smallest absolute Gasteiger partial charge is 0.255 e. The Morgan fingerprint density at radius 2 is 1.83 bits per heavy atom. The molecule has 2 aliphatic rings. The number of pyridine rings is 1. The summed E-state index contributed by atoms with van der Waals surface area (Å²) in [4.78, 5) is 33.2. The zero-order valence-electron chi connectivity index (χ0n) is 17.3. The summed E-state index contributed by atoms with van der Waals surface area (Å²) in [6, 6.07) is 9.67. The number of carbonyl (C=O) groups is 2. The average Bonchev–Trinajstić information content (AvgIpc) is 3.00. The molecule has 1 aromatic carbocycles. The van der Waals surface area contributed by atoms with Crippen LogP contribution in [-0.2, 0) is 22.5 Å². The van der Waals surface area contributed by atoms with Gasteiger partial charge in [0.15, 0.2) is 0 Å². The SMILES string of the molecule is Cc1ccc(C(=O)N2CCOc3ccc(CCC(=O)N4CCOCC4)cc3C2)cn1. The number of carbonyl (C=O) groups excluding carboxylic acids is 2. The Morgan fingerprint density at radius 3 is 2.60 bits per heavy atom. The molecule has 158 valence electrons. The maximum Gasteiger partial charge on any atom is 0.255 e. The summed E-state index contributed by atoms with van der Waals surface area (Å²) >= 11 is 0. The highest BCUT2D eigenvalue weighted by Gasteiger charge is 2.22. The van der Waals surface area contributed by atoms with Gasteiger partial charge < -0.3 is 19.3 Å². The van der Waals surface area contributed by atoms with Gasteiger partial charge in [0.05, 0.1) is 25.3 Å². The first kappa shape index (κ1) is 20.3. The molecule has 1 aromatic heterocycles. The van der Waals surface area contributed by atoms with E-state index in [1.165, 1.54) is 0 Å². The van der Waals surface area contributed by atoms with Crippen molar-refractivity contribution < 1.29 is 19.1 Å². The maximum atomic E-state index is 12.9. The largest absolute Gasteiger partial charge is 0.491 e. The number of fused-ring (bicyclic) bond motifs is 1. The number of rotatable bonds is 4. The van der Waals surface area contributed by atoms with Gasteiger partial charge in [0, 0.05) is 43.5 Å². The van der Waals surface area contributed by atoms with Crippen LogP contribution in [-0.4, -0.2) is 66.1 Å². The topological polar surface area (TPSA) is 72.0 Å². The molecule has 2 aromatic rings. The first-order valence-electron chi connectivity index (χ1n) is 10.4. The Bertz CT molecular complexity index is 907. The lowest BCUT2D eigenvalue weighted by Crippen LogP contribution is -2.40. The van der Waals surface area contributed by atoms with Crippen molar-refractivity contribution in [2.45, 2.75) is 26.3 Å². The molecule has 0 aliphatic carbocycles. The molecule has 7 nitrogen and oxygen atoms in total. The van der Waals surface area contributed by atoms with E-state index < -0.39 is 0 Å². The lowest BCUT2D eigenvalue weighted by molar-refractivity contribution is -0.135. The van der Waals surface area contributed by atoms with Crippen LogP contribution in [0.4, 0.5) is 0 Å². The van der Waals surface area contributed by atoms with Crippen molar-refractivity contribution in [2.75, 3.05) is 39.5 Å². The number of ether oxygens (including phenoxy) is 2. The third-order valence-corrected chi connectivity index (χ3v) is 5.54. The number of benzene rings is 1. The standard InChI is InChI=1S/C23H27N3O4/c1-17-2-5-19(15-24-17)23(28)26-10-13-30-21-6-3-18(14-20(21)16-26)4-7-22(27)25-8-11-29-12-9-25/h2-3,5-6,14-15H,4,7-13,16H2,1H3. The molecule has 7 heteroatoms. The van der Waals surface area contributed by atoms with E-state index in [1.807, 2.05) is 36.1 Å². The van der Waals surface area contributed by atoms with E-state index in [-0.39, 0.29) is 11.8 Å². The fourth-order valence-electron chi connectivity index (χ4n) is 3.78. The molecule has 1 saturated heterocycles. The molecule has 4 rings (SSSR count). The van der Waals surface area contributed by atoms with E-state index in [4.69, 9.17) is 9.47 Å². The van der Waals surface area contributed by atoms with Crippen LogP contribution in [0.5, 0.6) is 5.75 Å². The number of aromatic nitrogens is 1. The molecular formula is C23H27N3O4. The number of morpholine rings is 1. The molecule has 2 amide bonds. The summed E-state index contributed by atoms with van der Waals surface area (Å²) in [5.41, 5.74) is 3.51. The minimum absolute atomic E-state index is 0.0492. The van der Waals surface area contributed by atoms with Crippen molar-refractivity contribution in [2.24, 2.45) is 0 Å². The summed E-state index contributed by atoms with van der Waals surface area (Å²) in [6.45, 7) is 5.91. The van der Waals surface area contributed by atoms with Crippen LogP contribution in [0.3, 0.4) is 0 Å². The van der Waals surface area contributed by atoms with Crippen LogP contribution in [0.2, 0.25) is 0 Å². The van der Waals surface area contributed by atoms with Crippen molar-refractivity contribution in [3.63, 3.8) is 0 Å². The summed E-state index contributed by atoms with van der Waals surface area (Å²) in [7, 11) is 0. The summed E-state index contributed by atoms with van der Waals surface area (Å²) < 4.78 is 11.2. The Morgan fingerprint density at radius 1 is 1.03 bits per heavy atom. The Balaban J connectivity index is 1.42. The van der Waals surface area contributed by atoms with Crippen LogP contribution in [0.1, 0.15) is 33.6 Å². The highest BCUT2D eigenvalue weighted by atomic mass is 16.5. The molecule has 0 unspecified atom stereocenters. The van der Waals surface area contributed by atoms with Crippen molar-refractivity contribution in [3.05, 3.63) is 58.9 Å². The quantitative estimate of drug-likeness (QED) is 0.774. The monoisotopic (exact) mass is 409 g/mol. The molecule has 30 heavy (non-hydrogen) atoms. The molecule has 0 N–H and O–H groups in total. The van der Waals surface area contributed by atoms with Gasteiger partial charge in [0.1, 0.15) is 12.4 Å². The fourth-order valence-corrected chi connectivity index (χ4v) is 3.78. The van der Waals surface area contributed by atoms with E-state index in [1.54, 1.807) is 11.1 Å². The Kier molecular flexibility index (Phi) is 6.28. The van der Waals surface area contributed by atoms with E-state index in [9.17, 15) is 9.59 Å². The van der Waals surface area contributed by atoms with Crippen molar-refractivity contribution >= 4 is 11.8 Å². The van der Waals surface area contributed by atoms with Crippen LogP contribution in [0.15, 0.2) is 36.5 Å². The Labute approximate surface area is 176 Å². The third kappa shape index (κ3) is 4.79. The molecule has 0 atom stereocenters. The number of amides is 2. The van der Waals surface area contributed by atoms with Crippen LogP contribution in [0, 0.1) is 6.92 Å². The lowest BCUT2D eigenvalue weighted by Gasteiger charge is -2.26. The highest BCUT2D eigenvalue weighted by Crippen LogP contribution is 2.26. The number of nitrogens with zero attached hydrogens (tertiary/aromatic N) is 3. The minimum atomic E-state index is -0.0492. The van der Waals surface area contributed by atoms with E-state index >= 15 is 0 Å². The van der Waals surface area contributed by atoms with Crippen molar-refractivity contribution in [1.29, 1.82) is 0 Å². The first-order valence-corrected chi connectivity index (χ1v) is 10.4. The minimum Gasteiger partial charge on any atom is -0.491 e. The van der Waals surface area contributed by atoms with Gasteiger partial charge in [-0.3, -0.25) is 14.6 Å². The molecule has 1 fully saturated rings. The molecule has 3 heterocycles. The van der Waals surface area contributed by atoms with Crippen LogP contribution >= 0.6 is 0 Å². The van der Waals surface area contributed by atoms with E-state index in [0.29, 0.717) is 64.4 Å². The van der Waals surface area contributed by atoms with Gasteiger partial charge in [0.25, 0.3) is 5.91 Å². The van der Waals surface area contributed by atoms with E-state index in [0.717, 1.165) is 22.6 Å². The zero-order valence-corrected chi connectivity index (χ0v) is 17.3. The van der Waals surface area contributed by atoms with Crippen LogP contribution in [0.25, 0.3) is 0 Å². The van der Waals surface area contributed by atoms with Gasteiger partial charge in [0.2, 0.25) is 5.91 Å². The van der Waals surface area contributed by atoms with Crippen molar-refractivity contribution in [3.8, 4) is 5.75 Å². The van der Waals surface area contributed by atoms with E-state index in [2.05, 4.69) is 11.1 Å². The van der Waals surface area contributed by atoms with Crippen molar-refractivity contribution in [1.82, 2.24) is 14.8 Å². The van der Waals surface area contributed by atoms with Gasteiger partial charge in [-0.2, -0.15) is 0 Å². The predicted molar refractivity (Wildman–Crippen MR) is 111 cm³/mol. The summed E-state index contributed by atoms with van der Waals surface area (Å²) in [5.74, 6) is 0.913. The zero-order chi connectivity index (χ0) is 20.9. The highest BCUT2D eigenvalue weighted by molar-refractivity contribution is 5.94. The van der Waals surface area contributed by atoms with Gasteiger partial charge in [-0.1, -0.05) is 12.1 Å². The molecule has 0 bridgehead atoms. The Hall–Kier alpha value is -2.93. The average molecular weight is 409 g/mol. The van der Waals surface area contributed by atoms with Gasteiger partial charge in [-0.15, -0.1) is 0 Å². The van der Waals surface area contributed by atoms with Gasteiger partial charge >= 0.3 is 0 Å². The number of aryl methyl sites for hydroxylation is 2. The van der Waals surface area contributed by atoms with Gasteiger partial charge in [-0.25, -0.2) is 0 Å². The molecule has 0 radical (unpaired) electrons. The maximum absolute atomic E-state index is 12.9. The molecular weight excluding hydrogens is 382 g/mol. The second-order valence-corrected chi connectivity index (χ2v) is 7.70. The number of hydrogen-bond donors (Lipinski definition) is 0. The normalized spacial score (nSPS) is 16.4. The fraction of sp³-hybridized carbons (Fsp3) is 0.435. The second-order valence-electron chi connectivity index (χ2n) is 7.70. The summed E-state index contributed by atoms with van der Waals surface area (Å²) in [6.07, 6.45) is 2.76. The summed E-state index contributed by atoms with van der Waals surface area (Å²) in [5, 5.41) is 0. The third-order valence-electron chi connectivity index (χ3n) is 5.54. The second kappa shape index (κ2) is 9.26. The van der Waals surface area contributed by atoms with Crippen LogP contribution < -0.4 is 4.74 Å². The predicted octanol–water partition coefficient (Wildman–Crippen LogP) is 2.22. The van der Waals surface area contributed by atoms with Gasteiger partial charge in [-0.05, 0) is 37.1 Å². The lowest BCUT2D eigenvalue weighted by atomic mass is 10.0. The molecule has 0 spiro atoms. The first-order chi connectivity index (χ1) is 14.6. The number of hydrogen-bond acceptors (Lipinski definition) is 5. The molecule has 0 saturated carbocycles.